The lowest BCUT2D eigenvalue weighted by Gasteiger charge is -2.38. The minimum atomic E-state index is -0.423. The van der Waals surface area contributed by atoms with E-state index in [1.165, 1.54) is 6.20 Å². The van der Waals surface area contributed by atoms with E-state index in [0.29, 0.717) is 46.2 Å². The van der Waals surface area contributed by atoms with Crippen LogP contribution in [0.4, 0.5) is 4.39 Å². The van der Waals surface area contributed by atoms with Gasteiger partial charge in [0.05, 0.1) is 40.0 Å². The SMILES string of the molecule is C[C@H](c1cc2c(CS)nc3c(F)c(Br)c(CCC#N)cc3c2n1[C@H]1[C@H]2CN[C@@H]1C2)n1ccncc1=O. The summed E-state index contributed by atoms with van der Waals surface area (Å²) >= 11 is 7.94. The van der Waals surface area contributed by atoms with E-state index in [0.717, 1.165) is 40.5 Å². The molecule has 3 aliphatic rings. The number of benzene rings is 1. The second-order valence-electron chi connectivity index (χ2n) is 9.63. The fraction of sp³-hybridized carbons (Fsp3) is 0.385. The molecule has 5 heterocycles. The number of hydrogen-bond donors (Lipinski definition) is 2. The fourth-order valence-electron chi connectivity index (χ4n) is 5.99. The van der Waals surface area contributed by atoms with Gasteiger partial charge in [0.25, 0.3) is 5.56 Å². The van der Waals surface area contributed by atoms with Crippen LogP contribution in [-0.2, 0) is 12.2 Å². The van der Waals surface area contributed by atoms with Gasteiger partial charge in [0.1, 0.15) is 5.52 Å². The average molecular weight is 567 g/mol. The maximum Gasteiger partial charge on any atom is 0.269 e. The smallest absolute Gasteiger partial charge is 0.269 e. The molecule has 3 aromatic heterocycles. The maximum atomic E-state index is 15.7. The normalized spacial score (nSPS) is 21.6. The molecule has 0 spiro atoms. The van der Waals surface area contributed by atoms with Crippen molar-refractivity contribution in [1.82, 2.24) is 24.4 Å². The van der Waals surface area contributed by atoms with Crippen molar-refractivity contribution in [2.45, 2.75) is 50.1 Å². The number of nitrogens with zero attached hydrogens (tertiary/aromatic N) is 5. The molecule has 1 aromatic carbocycles. The largest absolute Gasteiger partial charge is 0.337 e. The van der Waals surface area contributed by atoms with Gasteiger partial charge in [0.15, 0.2) is 5.82 Å². The van der Waals surface area contributed by atoms with Crippen LogP contribution in [0.3, 0.4) is 0 Å². The molecule has 2 bridgehead atoms. The molecule has 7 rings (SSSR count). The number of fused-ring (bicyclic) bond motifs is 4. The zero-order valence-electron chi connectivity index (χ0n) is 19.6. The van der Waals surface area contributed by atoms with Crippen LogP contribution in [0.1, 0.15) is 48.8 Å². The molecular formula is C26H24BrFN6OS. The van der Waals surface area contributed by atoms with Crippen LogP contribution < -0.4 is 10.9 Å². The summed E-state index contributed by atoms with van der Waals surface area (Å²) in [7, 11) is 0. The van der Waals surface area contributed by atoms with Gasteiger partial charge in [0.2, 0.25) is 0 Å². The molecule has 0 amide bonds. The standard InChI is InChI=1S/C26H24BrFN6OS/c1-13(33-6-5-30-11-21(33)35)20-9-16-19(12-36)32-24-17(7-14(3-2-4-29)22(27)23(24)28)26(16)34(20)25-15-8-18(25)31-10-15/h5-7,9,11,13,15,18,25,31,36H,2-3,8,10,12H2,1H3/t13-,15-,18-,25+/m1/s1. The van der Waals surface area contributed by atoms with Gasteiger partial charge in [-0.05, 0) is 59.3 Å². The molecule has 4 atom stereocenters. The highest BCUT2D eigenvalue weighted by Gasteiger charge is 2.49. The second kappa shape index (κ2) is 8.98. The van der Waals surface area contributed by atoms with Crippen molar-refractivity contribution in [2.75, 3.05) is 6.54 Å². The van der Waals surface area contributed by atoms with E-state index in [1.807, 2.05) is 13.0 Å². The van der Waals surface area contributed by atoms with Crippen LogP contribution in [0.15, 0.2) is 40.0 Å². The highest BCUT2D eigenvalue weighted by atomic mass is 79.9. The molecule has 10 heteroatoms. The first-order valence-corrected chi connectivity index (χ1v) is 13.4. The Morgan fingerprint density at radius 3 is 2.89 bits per heavy atom. The number of nitrogens with one attached hydrogen (secondary N) is 1. The van der Waals surface area contributed by atoms with Crippen molar-refractivity contribution in [1.29, 1.82) is 5.26 Å². The van der Waals surface area contributed by atoms with Crippen LogP contribution in [0, 0.1) is 23.1 Å². The molecule has 4 aromatic rings. The predicted octanol–water partition coefficient (Wildman–Crippen LogP) is 4.68. The number of rotatable bonds is 6. The summed E-state index contributed by atoms with van der Waals surface area (Å²) in [6.45, 7) is 2.94. The van der Waals surface area contributed by atoms with E-state index >= 15 is 4.39 Å². The van der Waals surface area contributed by atoms with Crippen molar-refractivity contribution >= 4 is 50.4 Å². The molecule has 2 saturated heterocycles. The highest BCUT2D eigenvalue weighted by molar-refractivity contribution is 9.10. The molecule has 1 N–H and O–H groups in total. The van der Waals surface area contributed by atoms with E-state index in [1.54, 1.807) is 17.0 Å². The molecule has 36 heavy (non-hydrogen) atoms. The minimum absolute atomic E-state index is 0.178. The summed E-state index contributed by atoms with van der Waals surface area (Å²) in [4.78, 5) is 21.4. The van der Waals surface area contributed by atoms with Crippen LogP contribution in [-0.4, -0.2) is 31.7 Å². The topological polar surface area (TPSA) is 88.5 Å². The molecule has 3 fully saturated rings. The highest BCUT2D eigenvalue weighted by Crippen LogP contribution is 2.49. The van der Waals surface area contributed by atoms with E-state index < -0.39 is 5.82 Å². The second-order valence-corrected chi connectivity index (χ2v) is 10.7. The fourth-order valence-corrected chi connectivity index (χ4v) is 6.73. The Bertz CT molecular complexity index is 1610. The molecule has 0 radical (unpaired) electrons. The first-order valence-electron chi connectivity index (χ1n) is 12.0. The van der Waals surface area contributed by atoms with E-state index in [4.69, 9.17) is 10.2 Å². The summed E-state index contributed by atoms with van der Waals surface area (Å²) in [5, 5.41) is 14.4. The molecule has 7 nitrogen and oxygen atoms in total. The summed E-state index contributed by atoms with van der Waals surface area (Å²) in [5.74, 6) is 0.391. The Morgan fingerprint density at radius 1 is 1.39 bits per heavy atom. The Hall–Kier alpha value is -2.74. The Morgan fingerprint density at radius 2 is 2.22 bits per heavy atom. The number of pyridine rings is 1. The van der Waals surface area contributed by atoms with Crippen LogP contribution >= 0.6 is 28.6 Å². The molecule has 2 aliphatic heterocycles. The number of thiol groups is 1. The van der Waals surface area contributed by atoms with E-state index in [-0.39, 0.29) is 17.6 Å². The van der Waals surface area contributed by atoms with Crippen molar-refractivity contribution in [3.63, 3.8) is 0 Å². The summed E-state index contributed by atoms with van der Waals surface area (Å²) in [5.41, 5.74) is 3.44. The molecule has 184 valence electrons. The molecule has 0 unspecified atom stereocenters. The van der Waals surface area contributed by atoms with Crippen LogP contribution in [0.25, 0.3) is 21.8 Å². The lowest BCUT2D eigenvalue weighted by atomic mass is 9.79. The van der Waals surface area contributed by atoms with Gasteiger partial charge in [-0.1, -0.05) is 0 Å². The summed E-state index contributed by atoms with van der Waals surface area (Å²) < 4.78 is 20.1. The monoisotopic (exact) mass is 566 g/mol. The lowest BCUT2D eigenvalue weighted by molar-refractivity contribution is 0.219. The average Bonchev–Trinajstić information content (AvgIpc) is 3.61. The van der Waals surface area contributed by atoms with Gasteiger partial charge >= 0.3 is 0 Å². The number of hydrogen-bond acceptors (Lipinski definition) is 6. The van der Waals surface area contributed by atoms with Crippen molar-refractivity contribution in [3.05, 3.63) is 68.3 Å². The van der Waals surface area contributed by atoms with E-state index in [2.05, 4.69) is 55.6 Å². The zero-order valence-corrected chi connectivity index (χ0v) is 22.1. The Kier molecular flexibility index (Phi) is 5.90. The van der Waals surface area contributed by atoms with Crippen molar-refractivity contribution in [3.8, 4) is 6.07 Å². The summed E-state index contributed by atoms with van der Waals surface area (Å²) in [6.07, 6.45) is 6.47. The minimum Gasteiger partial charge on any atom is -0.337 e. The van der Waals surface area contributed by atoms with Crippen molar-refractivity contribution in [2.24, 2.45) is 5.92 Å². The third-order valence-electron chi connectivity index (χ3n) is 7.78. The van der Waals surface area contributed by atoms with Gasteiger partial charge in [-0.2, -0.15) is 17.9 Å². The third-order valence-corrected chi connectivity index (χ3v) is 8.94. The molecular weight excluding hydrogens is 543 g/mol. The lowest BCUT2D eigenvalue weighted by Crippen LogP contribution is -2.40. The third kappa shape index (κ3) is 3.44. The first kappa shape index (κ1) is 23.6. The van der Waals surface area contributed by atoms with Gasteiger partial charge < -0.3 is 14.5 Å². The van der Waals surface area contributed by atoms with Crippen LogP contribution in [0.2, 0.25) is 0 Å². The maximum absolute atomic E-state index is 15.7. The number of aromatic nitrogens is 4. The van der Waals surface area contributed by atoms with Crippen molar-refractivity contribution < 1.29 is 4.39 Å². The number of nitriles is 1. The number of halogens is 2. The van der Waals surface area contributed by atoms with Gasteiger partial charge in [-0.3, -0.25) is 9.78 Å². The molecule has 1 saturated carbocycles. The van der Waals surface area contributed by atoms with Gasteiger partial charge in [0, 0.05) is 53.6 Å². The van der Waals surface area contributed by atoms with Gasteiger partial charge in [-0.15, -0.1) is 0 Å². The molecule has 1 aliphatic carbocycles. The van der Waals surface area contributed by atoms with Gasteiger partial charge in [-0.25, -0.2) is 9.37 Å². The van der Waals surface area contributed by atoms with E-state index in [9.17, 15) is 4.79 Å². The predicted molar refractivity (Wildman–Crippen MR) is 143 cm³/mol. The zero-order chi connectivity index (χ0) is 25.1. The number of aryl methyl sites for hydroxylation is 1. The summed E-state index contributed by atoms with van der Waals surface area (Å²) in [6, 6.07) is 6.47. The Labute approximate surface area is 220 Å². The van der Waals surface area contributed by atoms with Crippen LogP contribution in [0.5, 0.6) is 0 Å². The Balaban J connectivity index is 1.71. The first-order chi connectivity index (χ1) is 17.4. The quantitative estimate of drug-likeness (QED) is 0.331.